The van der Waals surface area contributed by atoms with Crippen molar-refractivity contribution in [2.75, 3.05) is 31.1 Å². The molecule has 0 amide bonds. The maximum Gasteiger partial charge on any atom is 0.261 e. The van der Waals surface area contributed by atoms with Crippen molar-refractivity contribution >= 4 is 16.6 Å². The van der Waals surface area contributed by atoms with Gasteiger partial charge in [-0.3, -0.25) is 18.9 Å². The number of aryl methyl sites for hydroxylation is 1. The molecule has 1 saturated heterocycles. The second-order valence-corrected chi connectivity index (χ2v) is 8.21. The molecule has 3 heterocycles. The number of nitrogens with zero attached hydrogens (tertiary/aromatic N) is 7. The van der Waals surface area contributed by atoms with E-state index in [0.29, 0.717) is 6.04 Å². The zero-order valence-electron chi connectivity index (χ0n) is 16.9. The highest BCUT2D eigenvalue weighted by Gasteiger charge is 2.21. The van der Waals surface area contributed by atoms with E-state index in [9.17, 15) is 4.79 Å². The maximum absolute atomic E-state index is 12.9. The number of benzene rings is 1. The van der Waals surface area contributed by atoms with E-state index in [1.807, 2.05) is 28.6 Å². The smallest absolute Gasteiger partial charge is 0.261 e. The minimum atomic E-state index is 0.100. The monoisotopic (exact) mass is 393 g/mol. The van der Waals surface area contributed by atoms with E-state index in [1.165, 1.54) is 12.8 Å². The summed E-state index contributed by atoms with van der Waals surface area (Å²) in [6.45, 7) is 4.75. The molecule has 1 aromatic carbocycles. The Balaban J connectivity index is 1.30. The number of aromatic nitrogens is 5. The molecular formula is C21H27N7O. The SMILES string of the molecule is Cn1nncc1CN1CCN(c2ccc3c(=O)n(C4CCCC4)cnc3c2)CC1. The van der Waals surface area contributed by atoms with Gasteiger partial charge < -0.3 is 4.90 Å². The minimum Gasteiger partial charge on any atom is -0.369 e. The van der Waals surface area contributed by atoms with Crippen LogP contribution in [0, 0.1) is 0 Å². The van der Waals surface area contributed by atoms with Gasteiger partial charge in [-0.1, -0.05) is 18.1 Å². The Labute approximate surface area is 169 Å². The molecule has 0 spiro atoms. The lowest BCUT2D eigenvalue weighted by atomic mass is 10.1. The van der Waals surface area contributed by atoms with Gasteiger partial charge in [-0.25, -0.2) is 4.98 Å². The molecule has 3 aromatic rings. The molecule has 29 heavy (non-hydrogen) atoms. The third-order valence-corrected chi connectivity index (χ3v) is 6.42. The largest absolute Gasteiger partial charge is 0.369 e. The number of fused-ring (bicyclic) bond motifs is 1. The fourth-order valence-electron chi connectivity index (χ4n) is 4.61. The molecular weight excluding hydrogens is 366 g/mol. The Bertz CT molecular complexity index is 1060. The molecule has 0 N–H and O–H groups in total. The van der Waals surface area contributed by atoms with Crippen LogP contribution in [-0.4, -0.2) is 55.6 Å². The molecule has 2 aromatic heterocycles. The van der Waals surface area contributed by atoms with Crippen molar-refractivity contribution in [2.24, 2.45) is 7.05 Å². The molecule has 2 aliphatic rings. The van der Waals surface area contributed by atoms with Gasteiger partial charge in [0.2, 0.25) is 0 Å². The normalized spacial score (nSPS) is 18.7. The summed E-state index contributed by atoms with van der Waals surface area (Å²) >= 11 is 0. The highest BCUT2D eigenvalue weighted by Crippen LogP contribution is 2.28. The third-order valence-electron chi connectivity index (χ3n) is 6.42. The predicted molar refractivity (Wildman–Crippen MR) is 112 cm³/mol. The van der Waals surface area contributed by atoms with Crippen LogP contribution in [0.5, 0.6) is 0 Å². The first-order valence-corrected chi connectivity index (χ1v) is 10.5. The Morgan fingerprint density at radius 2 is 1.90 bits per heavy atom. The average molecular weight is 393 g/mol. The summed E-state index contributed by atoms with van der Waals surface area (Å²) in [5.74, 6) is 0. The zero-order chi connectivity index (χ0) is 19.8. The summed E-state index contributed by atoms with van der Waals surface area (Å²) in [5, 5.41) is 8.69. The van der Waals surface area contributed by atoms with Crippen molar-refractivity contribution in [3.8, 4) is 0 Å². The fourth-order valence-corrected chi connectivity index (χ4v) is 4.61. The number of piperazine rings is 1. The van der Waals surface area contributed by atoms with Crippen molar-refractivity contribution < 1.29 is 0 Å². The molecule has 1 aliphatic heterocycles. The van der Waals surface area contributed by atoms with Crippen molar-refractivity contribution in [2.45, 2.75) is 38.3 Å². The molecule has 0 atom stereocenters. The van der Waals surface area contributed by atoms with Crippen molar-refractivity contribution in [1.29, 1.82) is 0 Å². The lowest BCUT2D eigenvalue weighted by Gasteiger charge is -2.36. The molecule has 0 radical (unpaired) electrons. The van der Waals surface area contributed by atoms with E-state index in [-0.39, 0.29) is 5.56 Å². The molecule has 0 unspecified atom stereocenters. The van der Waals surface area contributed by atoms with E-state index in [4.69, 9.17) is 0 Å². The van der Waals surface area contributed by atoms with E-state index >= 15 is 0 Å². The second kappa shape index (κ2) is 7.59. The van der Waals surface area contributed by atoms with Crippen LogP contribution < -0.4 is 10.5 Å². The predicted octanol–water partition coefficient (Wildman–Crippen LogP) is 1.96. The van der Waals surface area contributed by atoms with Gasteiger partial charge in [0.15, 0.2) is 0 Å². The Hall–Kier alpha value is -2.74. The van der Waals surface area contributed by atoms with Crippen LogP contribution in [0.3, 0.4) is 0 Å². The first-order chi connectivity index (χ1) is 14.2. The summed E-state index contributed by atoms with van der Waals surface area (Å²) in [6.07, 6.45) is 8.17. The lowest BCUT2D eigenvalue weighted by molar-refractivity contribution is 0.244. The molecule has 1 aliphatic carbocycles. The maximum atomic E-state index is 12.9. The van der Waals surface area contributed by atoms with Crippen LogP contribution in [0.1, 0.15) is 37.4 Å². The van der Waals surface area contributed by atoms with Crippen molar-refractivity contribution in [3.63, 3.8) is 0 Å². The highest BCUT2D eigenvalue weighted by atomic mass is 16.1. The van der Waals surface area contributed by atoms with Gasteiger partial charge in [0, 0.05) is 51.5 Å². The van der Waals surface area contributed by atoms with Gasteiger partial charge in [-0.15, -0.1) is 5.10 Å². The van der Waals surface area contributed by atoms with Gasteiger partial charge in [-0.2, -0.15) is 0 Å². The van der Waals surface area contributed by atoms with Crippen LogP contribution >= 0.6 is 0 Å². The van der Waals surface area contributed by atoms with Crippen LogP contribution in [0.25, 0.3) is 10.9 Å². The highest BCUT2D eigenvalue weighted by molar-refractivity contribution is 5.81. The van der Waals surface area contributed by atoms with Crippen LogP contribution in [0.15, 0.2) is 35.5 Å². The van der Waals surface area contributed by atoms with Crippen LogP contribution in [-0.2, 0) is 13.6 Å². The van der Waals surface area contributed by atoms with Crippen LogP contribution in [0.4, 0.5) is 5.69 Å². The fraction of sp³-hybridized carbons (Fsp3) is 0.524. The number of hydrogen-bond donors (Lipinski definition) is 0. The second-order valence-electron chi connectivity index (χ2n) is 8.21. The van der Waals surface area contributed by atoms with E-state index in [2.05, 4.69) is 37.2 Å². The lowest BCUT2D eigenvalue weighted by Crippen LogP contribution is -2.46. The van der Waals surface area contributed by atoms with E-state index in [0.717, 1.165) is 67.8 Å². The van der Waals surface area contributed by atoms with Gasteiger partial charge in [0.25, 0.3) is 5.56 Å². The number of hydrogen-bond acceptors (Lipinski definition) is 6. The Morgan fingerprint density at radius 1 is 1.10 bits per heavy atom. The van der Waals surface area contributed by atoms with Gasteiger partial charge in [-0.05, 0) is 31.0 Å². The third kappa shape index (κ3) is 3.53. The topological polar surface area (TPSA) is 72.1 Å². The summed E-state index contributed by atoms with van der Waals surface area (Å²) in [4.78, 5) is 22.3. The Kier molecular flexibility index (Phi) is 4.79. The van der Waals surface area contributed by atoms with Crippen LogP contribution in [0.2, 0.25) is 0 Å². The van der Waals surface area contributed by atoms with E-state index in [1.54, 1.807) is 6.33 Å². The quantitative estimate of drug-likeness (QED) is 0.675. The molecule has 0 bridgehead atoms. The zero-order valence-corrected chi connectivity index (χ0v) is 16.9. The van der Waals surface area contributed by atoms with Gasteiger partial charge >= 0.3 is 0 Å². The molecule has 5 rings (SSSR count). The average Bonchev–Trinajstić information content (AvgIpc) is 3.41. The molecule has 1 saturated carbocycles. The first kappa shape index (κ1) is 18.3. The van der Waals surface area contributed by atoms with Gasteiger partial charge in [0.1, 0.15) is 0 Å². The summed E-state index contributed by atoms with van der Waals surface area (Å²) in [7, 11) is 1.93. The van der Waals surface area contributed by atoms with Crippen molar-refractivity contribution in [3.05, 3.63) is 46.8 Å². The van der Waals surface area contributed by atoms with E-state index < -0.39 is 0 Å². The summed E-state index contributed by atoms with van der Waals surface area (Å²) in [5.41, 5.74) is 3.17. The van der Waals surface area contributed by atoms with Crippen molar-refractivity contribution in [1.82, 2.24) is 29.4 Å². The summed E-state index contributed by atoms with van der Waals surface area (Å²) < 4.78 is 3.68. The number of rotatable bonds is 4. The minimum absolute atomic E-state index is 0.100. The number of anilines is 1. The standard InChI is InChI=1S/C21H27N7O/c1-25-18(13-23-24-25)14-26-8-10-27(11-9-26)17-6-7-19-20(12-17)22-15-28(21(19)29)16-4-2-3-5-16/h6-7,12-13,15-16H,2-5,8-11,14H2,1H3. The van der Waals surface area contributed by atoms with Gasteiger partial charge in [0.05, 0.1) is 29.1 Å². The summed E-state index contributed by atoms with van der Waals surface area (Å²) in [6, 6.07) is 6.42. The first-order valence-electron chi connectivity index (χ1n) is 10.5. The molecule has 152 valence electrons. The molecule has 2 fully saturated rings. The molecule has 8 heteroatoms. The molecule has 8 nitrogen and oxygen atoms in total. The Morgan fingerprint density at radius 3 is 2.62 bits per heavy atom.